The Balaban J connectivity index is 4.34. The second-order valence-corrected chi connectivity index (χ2v) is 4.98. The van der Waals surface area contributed by atoms with E-state index >= 15 is 0 Å². The first-order valence-electron chi connectivity index (χ1n) is 6.82. The van der Waals surface area contributed by atoms with Crippen molar-refractivity contribution in [2.75, 3.05) is 6.54 Å². The van der Waals surface area contributed by atoms with E-state index in [9.17, 15) is 24.6 Å². The minimum Gasteiger partial charge on any atom is -0.390 e. The van der Waals surface area contributed by atoms with Crippen molar-refractivity contribution in [2.24, 2.45) is 23.1 Å². The van der Waals surface area contributed by atoms with Crippen LogP contribution < -0.4 is 22.5 Å². The molecule has 0 aliphatic heterocycles. The number of carbonyl (C=O) groups is 3. The van der Waals surface area contributed by atoms with Crippen LogP contribution in [0.25, 0.3) is 0 Å². The first kappa shape index (κ1) is 20.8. The summed E-state index contributed by atoms with van der Waals surface area (Å²) in [5.41, 5.74) is 15.4. The molecule has 10 N–H and O–H groups in total. The highest BCUT2D eigenvalue weighted by molar-refractivity contribution is 5.91. The number of aliphatic hydroxyl groups is 2. The van der Waals surface area contributed by atoms with Gasteiger partial charge in [-0.05, 0) is 12.8 Å². The van der Waals surface area contributed by atoms with Crippen molar-refractivity contribution >= 4 is 23.8 Å². The van der Waals surface area contributed by atoms with Crippen LogP contribution in [0.3, 0.4) is 0 Å². The standard InChI is InChI=1S/C12H23N5O6/c1-5(7(18)9(14)20)8(19)11(22)23-10(21)6(13)3-2-4-17-12(15)16/h5-8,18-19H,2-4,13H2,1H3,(H2,14,20)(H4,15,16,17)/t5?,6-,7?,8?/m0/s1. The zero-order valence-electron chi connectivity index (χ0n) is 12.7. The lowest BCUT2D eigenvalue weighted by molar-refractivity contribution is -0.170. The predicted molar refractivity (Wildman–Crippen MR) is 78.6 cm³/mol. The monoisotopic (exact) mass is 333 g/mol. The Morgan fingerprint density at radius 3 is 2.22 bits per heavy atom. The van der Waals surface area contributed by atoms with E-state index in [0.29, 0.717) is 13.0 Å². The minimum absolute atomic E-state index is 0.155. The molecule has 0 radical (unpaired) electrons. The van der Waals surface area contributed by atoms with Gasteiger partial charge >= 0.3 is 11.9 Å². The van der Waals surface area contributed by atoms with Gasteiger partial charge in [-0.25, -0.2) is 9.59 Å². The fourth-order valence-corrected chi connectivity index (χ4v) is 1.54. The van der Waals surface area contributed by atoms with E-state index in [0.717, 1.165) is 0 Å². The molecular weight excluding hydrogens is 310 g/mol. The SMILES string of the molecule is CC(C(O)C(N)=O)C(O)C(=O)OC(=O)[C@@H](N)CCCNC(=N)N. The van der Waals surface area contributed by atoms with E-state index in [1.807, 2.05) is 0 Å². The lowest BCUT2D eigenvalue weighted by Gasteiger charge is -2.20. The summed E-state index contributed by atoms with van der Waals surface area (Å²) in [6, 6.07) is -1.11. The van der Waals surface area contributed by atoms with Gasteiger partial charge in [0, 0.05) is 12.5 Å². The number of guanidine groups is 1. The highest BCUT2D eigenvalue weighted by Gasteiger charge is 2.34. The Bertz CT molecular complexity index is 457. The molecule has 0 rings (SSSR count). The average Bonchev–Trinajstić information content (AvgIpc) is 2.48. The Hall–Kier alpha value is -2.24. The molecule has 0 aliphatic carbocycles. The molecule has 0 heterocycles. The second kappa shape index (κ2) is 9.71. The van der Waals surface area contributed by atoms with Crippen molar-refractivity contribution in [1.29, 1.82) is 5.41 Å². The first-order valence-corrected chi connectivity index (χ1v) is 6.82. The number of esters is 2. The molecule has 1 amide bonds. The van der Waals surface area contributed by atoms with Crippen LogP contribution >= 0.6 is 0 Å². The summed E-state index contributed by atoms with van der Waals surface area (Å²) in [6.07, 6.45) is -3.13. The molecule has 0 spiro atoms. The number of ether oxygens (including phenoxy) is 1. The van der Waals surface area contributed by atoms with Gasteiger partial charge in [0.25, 0.3) is 0 Å². The van der Waals surface area contributed by atoms with Crippen LogP contribution in [0.5, 0.6) is 0 Å². The van der Waals surface area contributed by atoms with Gasteiger partial charge in [0.15, 0.2) is 12.1 Å². The van der Waals surface area contributed by atoms with Crippen molar-refractivity contribution in [1.82, 2.24) is 5.32 Å². The van der Waals surface area contributed by atoms with Crippen LogP contribution in [0.1, 0.15) is 19.8 Å². The summed E-state index contributed by atoms with van der Waals surface area (Å²) < 4.78 is 4.40. The van der Waals surface area contributed by atoms with Gasteiger partial charge in [-0.3, -0.25) is 10.2 Å². The molecule has 0 bridgehead atoms. The number of aliphatic hydroxyl groups excluding tert-OH is 2. The average molecular weight is 333 g/mol. The van der Waals surface area contributed by atoms with E-state index in [2.05, 4.69) is 10.1 Å². The molecule has 3 unspecified atom stereocenters. The van der Waals surface area contributed by atoms with Gasteiger partial charge in [-0.2, -0.15) is 0 Å². The first-order chi connectivity index (χ1) is 10.6. The molecule has 11 heteroatoms. The molecular formula is C12H23N5O6. The Morgan fingerprint density at radius 1 is 1.17 bits per heavy atom. The predicted octanol–water partition coefficient (Wildman–Crippen LogP) is -3.51. The van der Waals surface area contributed by atoms with Gasteiger partial charge < -0.3 is 37.5 Å². The van der Waals surface area contributed by atoms with Crippen LogP contribution in [0.15, 0.2) is 0 Å². The summed E-state index contributed by atoms with van der Waals surface area (Å²) in [7, 11) is 0. The third-order valence-corrected chi connectivity index (χ3v) is 3.04. The normalized spacial score (nSPS) is 15.8. The van der Waals surface area contributed by atoms with Gasteiger partial charge in [0.1, 0.15) is 12.1 Å². The van der Waals surface area contributed by atoms with E-state index in [-0.39, 0.29) is 12.4 Å². The van der Waals surface area contributed by atoms with Crippen molar-refractivity contribution in [3.63, 3.8) is 0 Å². The van der Waals surface area contributed by atoms with Crippen LogP contribution in [0, 0.1) is 11.3 Å². The third kappa shape index (κ3) is 7.54. The van der Waals surface area contributed by atoms with Crippen molar-refractivity contribution in [3.05, 3.63) is 0 Å². The molecule has 0 aromatic rings. The fourth-order valence-electron chi connectivity index (χ4n) is 1.54. The lowest BCUT2D eigenvalue weighted by atomic mass is 9.97. The van der Waals surface area contributed by atoms with E-state index in [1.54, 1.807) is 0 Å². The molecule has 0 aromatic carbocycles. The Morgan fingerprint density at radius 2 is 1.74 bits per heavy atom. The smallest absolute Gasteiger partial charge is 0.343 e. The number of nitrogens with two attached hydrogens (primary N) is 3. The maximum Gasteiger partial charge on any atom is 0.343 e. The largest absolute Gasteiger partial charge is 0.390 e. The van der Waals surface area contributed by atoms with Gasteiger partial charge in [-0.1, -0.05) is 6.92 Å². The molecule has 132 valence electrons. The summed E-state index contributed by atoms with van der Waals surface area (Å²) >= 11 is 0. The summed E-state index contributed by atoms with van der Waals surface area (Å²) in [5, 5.41) is 28.4. The molecule has 0 saturated carbocycles. The number of hydrogen-bond acceptors (Lipinski definition) is 8. The van der Waals surface area contributed by atoms with Crippen LogP contribution in [0.4, 0.5) is 0 Å². The minimum atomic E-state index is -1.91. The number of amides is 1. The zero-order chi connectivity index (χ0) is 18.2. The molecule has 4 atom stereocenters. The summed E-state index contributed by atoms with van der Waals surface area (Å²) in [6.45, 7) is 1.51. The Labute approximate surface area is 132 Å². The lowest BCUT2D eigenvalue weighted by Crippen LogP contribution is -2.45. The van der Waals surface area contributed by atoms with E-state index in [4.69, 9.17) is 22.6 Å². The van der Waals surface area contributed by atoms with Crippen LogP contribution in [0.2, 0.25) is 0 Å². The molecule has 0 fully saturated rings. The van der Waals surface area contributed by atoms with Crippen molar-refractivity contribution < 1.29 is 29.3 Å². The highest BCUT2D eigenvalue weighted by Crippen LogP contribution is 2.11. The topological polar surface area (TPSA) is 215 Å². The van der Waals surface area contributed by atoms with E-state index < -0.39 is 42.0 Å². The summed E-state index contributed by atoms with van der Waals surface area (Å²) in [5.74, 6) is -4.98. The number of nitrogens with one attached hydrogen (secondary N) is 2. The molecule has 0 aromatic heterocycles. The van der Waals surface area contributed by atoms with Gasteiger partial charge in [-0.15, -0.1) is 0 Å². The number of hydrogen-bond donors (Lipinski definition) is 7. The maximum absolute atomic E-state index is 11.6. The highest BCUT2D eigenvalue weighted by atomic mass is 16.6. The quantitative estimate of drug-likeness (QED) is 0.0730. The number of rotatable bonds is 9. The molecule has 0 aliphatic rings. The third-order valence-electron chi connectivity index (χ3n) is 3.04. The van der Waals surface area contributed by atoms with Crippen LogP contribution in [-0.2, 0) is 19.1 Å². The van der Waals surface area contributed by atoms with E-state index in [1.165, 1.54) is 6.92 Å². The second-order valence-electron chi connectivity index (χ2n) is 4.98. The fraction of sp³-hybridized carbons (Fsp3) is 0.667. The van der Waals surface area contributed by atoms with Crippen LogP contribution in [-0.4, -0.2) is 58.8 Å². The molecule has 23 heavy (non-hydrogen) atoms. The van der Waals surface area contributed by atoms with Crippen molar-refractivity contribution in [2.45, 2.75) is 38.0 Å². The zero-order valence-corrected chi connectivity index (χ0v) is 12.7. The summed E-state index contributed by atoms with van der Waals surface area (Å²) in [4.78, 5) is 34.0. The maximum atomic E-state index is 11.6. The van der Waals surface area contributed by atoms with Crippen molar-refractivity contribution in [3.8, 4) is 0 Å². The molecule has 11 nitrogen and oxygen atoms in total. The number of carbonyl (C=O) groups excluding carboxylic acids is 3. The van der Waals surface area contributed by atoms with Gasteiger partial charge in [0.2, 0.25) is 5.91 Å². The van der Waals surface area contributed by atoms with Gasteiger partial charge in [0.05, 0.1) is 0 Å². The molecule has 0 saturated heterocycles. The number of primary amides is 1. The Kier molecular flexibility index (Phi) is 8.77.